The number of hydrogen-bond donors (Lipinski definition) is 0. The quantitative estimate of drug-likeness (QED) is 0.762. The number of rotatable bonds is 4. The number of carbonyl (C=O) groups excluding carboxylic acids is 2. The molecule has 0 aliphatic heterocycles. The Bertz CT molecular complexity index is 634. The van der Waals surface area contributed by atoms with Crippen LogP contribution in [0.2, 0.25) is 0 Å². The van der Waals surface area contributed by atoms with Crippen molar-refractivity contribution in [2.75, 3.05) is 27.0 Å². The van der Waals surface area contributed by atoms with E-state index in [0.29, 0.717) is 5.56 Å². The minimum atomic E-state index is -3.40. The maximum atomic E-state index is 11.9. The SMILES string of the molecule is Cc1ccc(S(C)(=O)=O)cc1C(=O)OCC(=O)N(C)C. The number of carbonyl (C=O) groups is 2. The van der Waals surface area contributed by atoms with E-state index in [9.17, 15) is 18.0 Å². The fourth-order valence-corrected chi connectivity index (χ4v) is 2.03. The van der Waals surface area contributed by atoms with Crippen molar-refractivity contribution >= 4 is 21.7 Å². The Hall–Kier alpha value is -1.89. The average Bonchev–Trinajstić information content (AvgIpc) is 2.34. The molecule has 0 spiro atoms. The number of benzene rings is 1. The van der Waals surface area contributed by atoms with Gasteiger partial charge in [-0.05, 0) is 24.6 Å². The molecule has 7 heteroatoms. The highest BCUT2D eigenvalue weighted by molar-refractivity contribution is 7.90. The Kier molecular flexibility index (Phi) is 4.88. The van der Waals surface area contributed by atoms with Crippen LogP contribution in [-0.4, -0.2) is 52.2 Å². The van der Waals surface area contributed by atoms with Gasteiger partial charge in [-0.2, -0.15) is 0 Å². The van der Waals surface area contributed by atoms with Gasteiger partial charge in [0.2, 0.25) is 0 Å². The number of amides is 1. The Labute approximate surface area is 118 Å². The molecule has 0 atom stereocenters. The van der Waals surface area contributed by atoms with E-state index in [-0.39, 0.29) is 23.0 Å². The summed E-state index contributed by atoms with van der Waals surface area (Å²) in [6.07, 6.45) is 1.06. The normalized spacial score (nSPS) is 11.0. The minimum absolute atomic E-state index is 0.0361. The van der Waals surface area contributed by atoms with Crippen molar-refractivity contribution in [3.05, 3.63) is 29.3 Å². The maximum absolute atomic E-state index is 11.9. The number of likely N-dealkylation sites (N-methyl/N-ethyl adjacent to an activating group) is 1. The van der Waals surface area contributed by atoms with E-state index in [0.717, 1.165) is 6.26 Å². The molecule has 1 rings (SSSR count). The van der Waals surface area contributed by atoms with E-state index in [1.54, 1.807) is 21.0 Å². The van der Waals surface area contributed by atoms with Crippen LogP contribution in [0.3, 0.4) is 0 Å². The molecule has 20 heavy (non-hydrogen) atoms. The summed E-state index contributed by atoms with van der Waals surface area (Å²) >= 11 is 0. The van der Waals surface area contributed by atoms with Crippen molar-refractivity contribution in [3.63, 3.8) is 0 Å². The lowest BCUT2D eigenvalue weighted by molar-refractivity contribution is -0.131. The first-order valence-electron chi connectivity index (χ1n) is 5.81. The Morgan fingerprint density at radius 2 is 1.85 bits per heavy atom. The predicted octanol–water partition coefficient (Wildman–Crippen LogP) is 0.644. The Morgan fingerprint density at radius 3 is 2.35 bits per heavy atom. The maximum Gasteiger partial charge on any atom is 0.338 e. The van der Waals surface area contributed by atoms with Gasteiger partial charge in [0.15, 0.2) is 16.4 Å². The van der Waals surface area contributed by atoms with Crippen LogP contribution < -0.4 is 0 Å². The molecule has 0 bridgehead atoms. The summed E-state index contributed by atoms with van der Waals surface area (Å²) < 4.78 is 27.8. The summed E-state index contributed by atoms with van der Waals surface area (Å²) in [4.78, 5) is 24.6. The minimum Gasteiger partial charge on any atom is -0.452 e. The van der Waals surface area contributed by atoms with Crippen molar-refractivity contribution in [1.29, 1.82) is 0 Å². The van der Waals surface area contributed by atoms with Crippen LogP contribution in [0, 0.1) is 6.92 Å². The second-order valence-electron chi connectivity index (χ2n) is 4.61. The van der Waals surface area contributed by atoms with E-state index < -0.39 is 15.8 Å². The molecule has 110 valence electrons. The van der Waals surface area contributed by atoms with Crippen LogP contribution >= 0.6 is 0 Å². The van der Waals surface area contributed by atoms with Gasteiger partial charge in [-0.1, -0.05) is 6.07 Å². The van der Waals surface area contributed by atoms with E-state index >= 15 is 0 Å². The molecule has 1 aromatic rings. The molecule has 0 aliphatic rings. The van der Waals surface area contributed by atoms with Crippen molar-refractivity contribution in [2.45, 2.75) is 11.8 Å². The van der Waals surface area contributed by atoms with Crippen LogP contribution in [0.15, 0.2) is 23.1 Å². The highest BCUT2D eigenvalue weighted by Crippen LogP contribution is 2.16. The summed E-state index contributed by atoms with van der Waals surface area (Å²) in [5.74, 6) is -1.07. The van der Waals surface area contributed by atoms with Gasteiger partial charge >= 0.3 is 5.97 Å². The highest BCUT2D eigenvalue weighted by Gasteiger charge is 2.17. The lowest BCUT2D eigenvalue weighted by Gasteiger charge is -2.11. The number of sulfone groups is 1. The average molecular weight is 299 g/mol. The molecule has 0 unspecified atom stereocenters. The van der Waals surface area contributed by atoms with E-state index in [1.165, 1.54) is 23.1 Å². The summed E-state index contributed by atoms with van der Waals surface area (Å²) in [5, 5.41) is 0. The number of nitrogens with zero attached hydrogens (tertiary/aromatic N) is 1. The number of aryl methyl sites for hydroxylation is 1. The molecule has 0 aliphatic carbocycles. The van der Waals surface area contributed by atoms with Crippen LogP contribution in [-0.2, 0) is 19.4 Å². The van der Waals surface area contributed by atoms with E-state index in [4.69, 9.17) is 4.74 Å². The van der Waals surface area contributed by atoms with Gasteiger partial charge in [-0.3, -0.25) is 4.79 Å². The third-order valence-electron chi connectivity index (χ3n) is 2.68. The zero-order chi connectivity index (χ0) is 15.5. The molecular weight excluding hydrogens is 282 g/mol. The molecule has 0 heterocycles. The zero-order valence-electron chi connectivity index (χ0n) is 11.8. The number of esters is 1. The second-order valence-corrected chi connectivity index (χ2v) is 6.63. The summed E-state index contributed by atoms with van der Waals surface area (Å²) in [6.45, 7) is 1.28. The van der Waals surface area contributed by atoms with Crippen molar-refractivity contribution in [1.82, 2.24) is 4.90 Å². The van der Waals surface area contributed by atoms with E-state index in [2.05, 4.69) is 0 Å². The zero-order valence-corrected chi connectivity index (χ0v) is 12.7. The molecule has 1 aromatic carbocycles. The Morgan fingerprint density at radius 1 is 1.25 bits per heavy atom. The van der Waals surface area contributed by atoms with Gasteiger partial charge in [-0.25, -0.2) is 13.2 Å². The molecule has 6 nitrogen and oxygen atoms in total. The molecule has 1 amide bonds. The monoisotopic (exact) mass is 299 g/mol. The van der Waals surface area contributed by atoms with E-state index in [1.807, 2.05) is 0 Å². The molecule has 0 radical (unpaired) electrons. The van der Waals surface area contributed by atoms with Gasteiger partial charge < -0.3 is 9.64 Å². The predicted molar refractivity (Wildman–Crippen MR) is 73.3 cm³/mol. The van der Waals surface area contributed by atoms with Crippen LogP contribution in [0.4, 0.5) is 0 Å². The van der Waals surface area contributed by atoms with Crippen LogP contribution in [0.1, 0.15) is 15.9 Å². The molecule has 0 aromatic heterocycles. The van der Waals surface area contributed by atoms with Crippen molar-refractivity contribution < 1.29 is 22.7 Å². The van der Waals surface area contributed by atoms with Gasteiger partial charge in [0, 0.05) is 20.4 Å². The largest absolute Gasteiger partial charge is 0.452 e. The van der Waals surface area contributed by atoms with Gasteiger partial charge in [0.25, 0.3) is 5.91 Å². The Balaban J connectivity index is 2.96. The fourth-order valence-electron chi connectivity index (χ4n) is 1.39. The molecule has 0 N–H and O–H groups in total. The van der Waals surface area contributed by atoms with Crippen LogP contribution in [0.25, 0.3) is 0 Å². The van der Waals surface area contributed by atoms with Crippen molar-refractivity contribution in [2.24, 2.45) is 0 Å². The van der Waals surface area contributed by atoms with Gasteiger partial charge in [-0.15, -0.1) is 0 Å². The second kappa shape index (κ2) is 6.04. The lowest BCUT2D eigenvalue weighted by atomic mass is 10.1. The number of hydrogen-bond acceptors (Lipinski definition) is 5. The first-order valence-corrected chi connectivity index (χ1v) is 7.70. The smallest absolute Gasteiger partial charge is 0.338 e. The lowest BCUT2D eigenvalue weighted by Crippen LogP contribution is -2.27. The van der Waals surface area contributed by atoms with Gasteiger partial charge in [0.1, 0.15) is 0 Å². The third-order valence-corrected chi connectivity index (χ3v) is 3.79. The topological polar surface area (TPSA) is 80.7 Å². The standard InChI is InChI=1S/C13H17NO5S/c1-9-5-6-10(20(4,17)18)7-11(9)13(16)19-8-12(15)14(2)3/h5-7H,8H2,1-4H3. The highest BCUT2D eigenvalue weighted by atomic mass is 32.2. The van der Waals surface area contributed by atoms with Crippen LogP contribution in [0.5, 0.6) is 0 Å². The summed E-state index contributed by atoms with van der Waals surface area (Å²) in [6, 6.07) is 4.21. The first kappa shape index (κ1) is 16.2. The summed E-state index contributed by atoms with van der Waals surface area (Å²) in [7, 11) is -0.309. The molecule has 0 saturated carbocycles. The third kappa shape index (κ3) is 4.06. The van der Waals surface area contributed by atoms with Gasteiger partial charge in [0.05, 0.1) is 10.5 Å². The molecular formula is C13H17NO5S. The fraction of sp³-hybridized carbons (Fsp3) is 0.385. The summed E-state index contributed by atoms with van der Waals surface area (Å²) in [5.41, 5.74) is 0.721. The first-order chi connectivity index (χ1) is 9.12. The molecule has 0 saturated heterocycles. The number of ether oxygens (including phenoxy) is 1. The molecule has 0 fully saturated rings. The van der Waals surface area contributed by atoms with Crippen molar-refractivity contribution in [3.8, 4) is 0 Å².